The first kappa shape index (κ1) is 45.9. The van der Waals surface area contributed by atoms with Crippen molar-refractivity contribution < 1.29 is 29.1 Å². The maximum atomic E-state index is 14.0. The first-order chi connectivity index (χ1) is 29.4. The minimum Gasteiger partial charge on any atom is -0.511 e. The van der Waals surface area contributed by atoms with Crippen LogP contribution in [0.1, 0.15) is 68.5 Å². The van der Waals surface area contributed by atoms with Crippen LogP contribution < -0.4 is 11.1 Å². The fourth-order valence-corrected chi connectivity index (χ4v) is 7.55. The number of aryl methyl sites for hydroxylation is 1. The summed E-state index contributed by atoms with van der Waals surface area (Å²) in [7, 11) is 0. The van der Waals surface area contributed by atoms with Gasteiger partial charge >= 0.3 is 0 Å². The molecule has 0 spiro atoms. The van der Waals surface area contributed by atoms with E-state index in [-0.39, 0.29) is 75.8 Å². The smallest absolute Gasteiger partial charge is 0.242 e. The molecule has 326 valence electrons. The summed E-state index contributed by atoms with van der Waals surface area (Å²) < 4.78 is 0. The van der Waals surface area contributed by atoms with E-state index in [4.69, 9.17) is 5.73 Å². The van der Waals surface area contributed by atoms with Crippen LogP contribution in [0.4, 0.5) is 0 Å². The van der Waals surface area contributed by atoms with Crippen molar-refractivity contribution in [3.8, 4) is 0 Å². The predicted molar refractivity (Wildman–Crippen MR) is 236 cm³/mol. The van der Waals surface area contributed by atoms with Crippen molar-refractivity contribution in [1.82, 2.24) is 39.9 Å². The molecule has 0 saturated heterocycles. The van der Waals surface area contributed by atoms with Crippen molar-refractivity contribution in [2.75, 3.05) is 58.9 Å². The van der Waals surface area contributed by atoms with Gasteiger partial charge < -0.3 is 45.7 Å². The molecule has 5 amide bonds. The number of aromatic amines is 2. The third kappa shape index (κ3) is 13.6. The fourth-order valence-electron chi connectivity index (χ4n) is 7.55. The van der Waals surface area contributed by atoms with Crippen molar-refractivity contribution in [3.05, 3.63) is 108 Å². The van der Waals surface area contributed by atoms with Gasteiger partial charge in [-0.1, -0.05) is 55.1 Å². The van der Waals surface area contributed by atoms with Crippen molar-refractivity contribution in [3.63, 3.8) is 0 Å². The summed E-state index contributed by atoms with van der Waals surface area (Å²) in [6.45, 7) is 6.84. The molecule has 1 aliphatic rings. The molecule has 2 aromatic heterocycles. The Labute approximate surface area is 358 Å². The molecule has 5 rings (SSSR count). The highest BCUT2D eigenvalue weighted by Crippen LogP contribution is 2.29. The number of nitrogens with one attached hydrogen (secondary N) is 3. The Bertz CT molecular complexity index is 2140. The van der Waals surface area contributed by atoms with Gasteiger partial charge in [-0.15, -0.1) is 0 Å². The number of rotatable bonds is 25. The topological polar surface area (TPSA) is 201 Å². The molecule has 0 unspecified atom stereocenters. The van der Waals surface area contributed by atoms with Gasteiger partial charge in [-0.2, -0.15) is 0 Å². The van der Waals surface area contributed by atoms with E-state index >= 15 is 0 Å². The Hall–Kier alpha value is -6.22. The van der Waals surface area contributed by atoms with Crippen molar-refractivity contribution in [2.45, 2.75) is 71.3 Å². The van der Waals surface area contributed by atoms with Gasteiger partial charge in [-0.05, 0) is 87.2 Å². The second-order valence-electron chi connectivity index (χ2n) is 15.7. The van der Waals surface area contributed by atoms with Crippen LogP contribution in [0.25, 0.3) is 16.5 Å². The number of aliphatic hydroxyl groups excluding tert-OH is 1. The van der Waals surface area contributed by atoms with Gasteiger partial charge in [-0.3, -0.25) is 24.0 Å². The Kier molecular flexibility index (Phi) is 17.3. The molecule has 0 saturated carbocycles. The second-order valence-corrected chi connectivity index (χ2v) is 15.7. The summed E-state index contributed by atoms with van der Waals surface area (Å²) in [6, 6.07) is 15.7. The third-order valence-electron chi connectivity index (χ3n) is 10.9. The number of imidazole rings is 1. The first-order valence-electron chi connectivity index (χ1n) is 21.2. The molecule has 6 N–H and O–H groups in total. The molecular weight excluding hydrogens is 775 g/mol. The number of carbonyl (C=O) groups excluding carboxylic acids is 5. The Morgan fingerprint density at radius 2 is 1.54 bits per heavy atom. The number of allylic oxidation sites excluding steroid dienone is 1. The average molecular weight is 836 g/mol. The lowest BCUT2D eigenvalue weighted by Crippen LogP contribution is -2.50. The van der Waals surface area contributed by atoms with Gasteiger partial charge in [0, 0.05) is 68.0 Å². The number of hydrogen-bond acceptors (Lipinski definition) is 8. The number of nitrogens with zero attached hydrogens (tertiary/aromatic N) is 5. The number of aliphatic hydroxyl groups is 1. The molecular formula is C46H61N9O6. The van der Waals surface area contributed by atoms with Crippen molar-refractivity contribution in [1.29, 1.82) is 0 Å². The molecule has 15 nitrogen and oxygen atoms in total. The van der Waals surface area contributed by atoms with E-state index in [1.807, 2.05) is 62.5 Å². The Morgan fingerprint density at radius 1 is 0.820 bits per heavy atom. The minimum absolute atomic E-state index is 0.0711. The van der Waals surface area contributed by atoms with Gasteiger partial charge in [0.15, 0.2) is 0 Å². The number of carbonyl (C=O) groups is 5. The van der Waals surface area contributed by atoms with Crippen LogP contribution in [0.15, 0.2) is 85.5 Å². The number of amides is 5. The van der Waals surface area contributed by atoms with Gasteiger partial charge in [-0.25, -0.2) is 4.98 Å². The number of unbranched alkanes of at least 4 members (excludes halogenated alkanes) is 1. The quantitative estimate of drug-likeness (QED) is 0.0485. The molecule has 0 fully saturated rings. The fraction of sp³-hybridized carbons (Fsp3) is 0.435. The molecule has 4 aromatic rings. The van der Waals surface area contributed by atoms with Crippen LogP contribution in [0, 0.1) is 0 Å². The molecule has 1 aliphatic carbocycles. The van der Waals surface area contributed by atoms with Gasteiger partial charge in [0.05, 0.1) is 32.7 Å². The van der Waals surface area contributed by atoms with Crippen LogP contribution in [0.3, 0.4) is 0 Å². The second kappa shape index (κ2) is 23.0. The zero-order chi connectivity index (χ0) is 43.7. The average Bonchev–Trinajstić information content (AvgIpc) is 4.02. The standard InChI is InChI=1S/C46H61N9O6/c1-33(2)55(29-34(3)56)46(61)32-54(25-19-36-18-17-35-11-4-5-12-38(35)36)44(59)28-51-42(57)30-52(24-10-21-47)45(60)31-53(43(58)16-9-8-15-41-48-22-23-49-41)26-20-37-27-50-40-14-7-6-13-39(37)40/h4-7,11-14,18,22-23,27,33,50,56H,3,8-10,15-17,19-21,24-26,28-32,47H2,1-2H3,(H,48,49)(H,51,57). The molecule has 61 heavy (non-hydrogen) atoms. The monoisotopic (exact) mass is 835 g/mol. The molecule has 0 aliphatic heterocycles. The number of aromatic nitrogens is 3. The zero-order valence-electron chi connectivity index (χ0n) is 35.5. The zero-order valence-corrected chi connectivity index (χ0v) is 35.5. The van der Waals surface area contributed by atoms with Crippen molar-refractivity contribution in [2.24, 2.45) is 5.73 Å². The largest absolute Gasteiger partial charge is 0.511 e. The highest BCUT2D eigenvalue weighted by molar-refractivity contribution is 5.91. The van der Waals surface area contributed by atoms with E-state index in [1.54, 1.807) is 17.3 Å². The van der Waals surface area contributed by atoms with Crippen LogP contribution >= 0.6 is 0 Å². The summed E-state index contributed by atoms with van der Waals surface area (Å²) in [5, 5.41) is 13.6. The lowest BCUT2D eigenvalue weighted by Gasteiger charge is -2.30. The van der Waals surface area contributed by atoms with E-state index in [2.05, 4.69) is 39.0 Å². The Morgan fingerprint density at radius 3 is 2.30 bits per heavy atom. The number of para-hydroxylation sites is 1. The van der Waals surface area contributed by atoms with Crippen LogP contribution in [-0.2, 0) is 43.2 Å². The highest BCUT2D eigenvalue weighted by atomic mass is 16.3. The number of benzene rings is 2. The first-order valence-corrected chi connectivity index (χ1v) is 21.2. The van der Waals surface area contributed by atoms with E-state index in [9.17, 15) is 29.1 Å². The van der Waals surface area contributed by atoms with Crippen LogP contribution in [0.2, 0.25) is 0 Å². The normalized spacial score (nSPS) is 11.9. The molecule has 0 bridgehead atoms. The summed E-state index contributed by atoms with van der Waals surface area (Å²) in [6.07, 6.45) is 12.1. The van der Waals surface area contributed by atoms with E-state index in [0.717, 1.165) is 46.3 Å². The lowest BCUT2D eigenvalue weighted by molar-refractivity contribution is -0.143. The third-order valence-corrected chi connectivity index (χ3v) is 10.9. The van der Waals surface area contributed by atoms with Gasteiger partial charge in [0.1, 0.15) is 11.6 Å². The maximum absolute atomic E-state index is 14.0. The van der Waals surface area contributed by atoms with Crippen molar-refractivity contribution >= 4 is 46.0 Å². The summed E-state index contributed by atoms with van der Waals surface area (Å²) in [4.78, 5) is 84.9. The SMILES string of the molecule is C=C(O)CN(C(=O)CN(CCC1=CCc2ccccc21)C(=O)CNC(=O)CN(CCCN)C(=O)CN(CCc1c[nH]c2ccccc12)C(=O)CCCCc1ncc[nH]1)C(C)C. The van der Waals surface area contributed by atoms with Gasteiger partial charge in [0.2, 0.25) is 29.5 Å². The molecule has 0 radical (unpaired) electrons. The summed E-state index contributed by atoms with van der Waals surface area (Å²) >= 11 is 0. The molecule has 15 heteroatoms. The number of H-pyrrole nitrogens is 2. The molecule has 2 aromatic carbocycles. The maximum Gasteiger partial charge on any atom is 0.242 e. The Balaban J connectivity index is 1.23. The number of hydrogen-bond donors (Lipinski definition) is 5. The highest BCUT2D eigenvalue weighted by Gasteiger charge is 2.27. The number of nitrogens with two attached hydrogens (primary N) is 1. The van der Waals surface area contributed by atoms with E-state index in [1.165, 1.54) is 20.3 Å². The predicted octanol–water partition coefficient (Wildman–Crippen LogP) is 4.14. The molecule has 0 atom stereocenters. The number of fused-ring (bicyclic) bond motifs is 2. The lowest BCUT2D eigenvalue weighted by atomic mass is 10.0. The summed E-state index contributed by atoms with van der Waals surface area (Å²) in [5.41, 5.74) is 11.2. The molecule has 2 heterocycles. The van der Waals surface area contributed by atoms with Gasteiger partial charge in [0.25, 0.3) is 0 Å². The van der Waals surface area contributed by atoms with E-state index < -0.39 is 24.3 Å². The minimum atomic E-state index is -0.563. The van der Waals surface area contributed by atoms with E-state index in [0.29, 0.717) is 38.6 Å². The van der Waals surface area contributed by atoms with Crippen LogP contribution in [-0.4, -0.2) is 134 Å². The van der Waals surface area contributed by atoms with Crippen LogP contribution in [0.5, 0.6) is 0 Å². The summed E-state index contributed by atoms with van der Waals surface area (Å²) in [5.74, 6) is -1.29.